The topological polar surface area (TPSA) is 21.3 Å². The first-order valence-corrected chi connectivity index (χ1v) is 7.78. The Morgan fingerprint density at radius 3 is 2.57 bits per heavy atom. The molecule has 0 amide bonds. The fourth-order valence-electron chi connectivity index (χ4n) is 2.25. The van der Waals surface area contributed by atoms with Gasteiger partial charge in [0.2, 0.25) is 0 Å². The molecule has 0 saturated carbocycles. The summed E-state index contributed by atoms with van der Waals surface area (Å²) in [6.07, 6.45) is 0.882. The third-order valence-electron chi connectivity index (χ3n) is 3.46. The quantitative estimate of drug-likeness (QED) is 0.805. The highest BCUT2D eigenvalue weighted by atomic mass is 35.5. The zero-order valence-corrected chi connectivity index (χ0v) is 13.4. The van der Waals surface area contributed by atoms with Gasteiger partial charge in [0.15, 0.2) is 0 Å². The summed E-state index contributed by atoms with van der Waals surface area (Å²) in [6.45, 7) is 5.80. The predicted molar refractivity (Wildman–Crippen MR) is 89.2 cm³/mol. The van der Waals surface area contributed by atoms with E-state index in [1.165, 1.54) is 11.1 Å². The van der Waals surface area contributed by atoms with Gasteiger partial charge in [-0.05, 0) is 36.7 Å². The molecule has 0 heterocycles. The van der Waals surface area contributed by atoms with Crippen LogP contribution in [0.3, 0.4) is 0 Å². The highest BCUT2D eigenvalue weighted by Gasteiger charge is 2.08. The van der Waals surface area contributed by atoms with Gasteiger partial charge in [0.1, 0.15) is 5.75 Å². The molecule has 2 nitrogen and oxygen atoms in total. The summed E-state index contributed by atoms with van der Waals surface area (Å²) in [5.74, 6) is 0.750. The van der Waals surface area contributed by atoms with Gasteiger partial charge in [-0.25, -0.2) is 0 Å². The van der Waals surface area contributed by atoms with E-state index in [2.05, 4.69) is 37.4 Å². The van der Waals surface area contributed by atoms with Gasteiger partial charge in [-0.3, -0.25) is 0 Å². The van der Waals surface area contributed by atoms with Crippen LogP contribution in [-0.2, 0) is 6.42 Å². The first kappa shape index (κ1) is 15.9. The second-order valence-electron chi connectivity index (χ2n) is 5.05. The van der Waals surface area contributed by atoms with Gasteiger partial charge in [-0.1, -0.05) is 54.9 Å². The van der Waals surface area contributed by atoms with Gasteiger partial charge in [-0.15, -0.1) is 0 Å². The molecule has 0 fully saturated rings. The molecule has 21 heavy (non-hydrogen) atoms. The van der Waals surface area contributed by atoms with E-state index in [9.17, 15) is 0 Å². The van der Waals surface area contributed by atoms with E-state index in [0.717, 1.165) is 18.7 Å². The zero-order valence-electron chi connectivity index (χ0n) is 12.6. The van der Waals surface area contributed by atoms with Crippen molar-refractivity contribution in [2.75, 3.05) is 13.2 Å². The molecule has 112 valence electrons. The van der Waals surface area contributed by atoms with E-state index in [1.807, 2.05) is 30.3 Å². The van der Waals surface area contributed by atoms with Crippen LogP contribution in [0.25, 0.3) is 0 Å². The number of nitrogens with one attached hydrogen (secondary N) is 1. The zero-order chi connectivity index (χ0) is 15.1. The van der Waals surface area contributed by atoms with Crippen LogP contribution in [0.4, 0.5) is 0 Å². The van der Waals surface area contributed by atoms with Crippen molar-refractivity contribution in [2.45, 2.75) is 26.3 Å². The summed E-state index contributed by atoms with van der Waals surface area (Å²) >= 11 is 6.30. The van der Waals surface area contributed by atoms with Gasteiger partial charge in [-0.2, -0.15) is 0 Å². The van der Waals surface area contributed by atoms with Crippen molar-refractivity contribution in [3.63, 3.8) is 0 Å². The molecule has 0 aliphatic heterocycles. The van der Waals surface area contributed by atoms with Crippen LogP contribution in [0.2, 0.25) is 5.02 Å². The first-order valence-electron chi connectivity index (χ1n) is 7.40. The number of halogens is 1. The van der Waals surface area contributed by atoms with Crippen LogP contribution in [-0.4, -0.2) is 13.2 Å². The van der Waals surface area contributed by atoms with Crippen molar-refractivity contribution in [1.82, 2.24) is 5.32 Å². The van der Waals surface area contributed by atoms with Crippen molar-refractivity contribution < 1.29 is 4.74 Å². The third kappa shape index (κ3) is 4.76. The van der Waals surface area contributed by atoms with E-state index >= 15 is 0 Å². The third-order valence-corrected chi connectivity index (χ3v) is 3.75. The van der Waals surface area contributed by atoms with Crippen molar-refractivity contribution in [1.29, 1.82) is 0 Å². The second kappa shape index (κ2) is 8.06. The number of rotatable bonds is 7. The Morgan fingerprint density at radius 2 is 1.90 bits per heavy atom. The molecule has 1 N–H and O–H groups in total. The van der Waals surface area contributed by atoms with E-state index < -0.39 is 0 Å². The maximum absolute atomic E-state index is 6.30. The Balaban J connectivity index is 1.92. The standard InChI is InChI=1S/C18H22ClNO/c1-3-20-14(2)16-9-10-18(17(19)13-16)21-12-11-15-7-5-4-6-8-15/h4-10,13-14,20H,3,11-12H2,1-2H3. The molecule has 3 heteroatoms. The van der Waals surface area contributed by atoms with Gasteiger partial charge in [0, 0.05) is 12.5 Å². The molecule has 0 saturated heterocycles. The monoisotopic (exact) mass is 303 g/mol. The summed E-state index contributed by atoms with van der Waals surface area (Å²) in [5.41, 5.74) is 2.45. The predicted octanol–water partition coefficient (Wildman–Crippen LogP) is 4.63. The molecule has 0 aliphatic carbocycles. The average molecular weight is 304 g/mol. The molecule has 2 aromatic rings. The summed E-state index contributed by atoms with van der Waals surface area (Å²) in [6, 6.07) is 16.6. The maximum Gasteiger partial charge on any atom is 0.137 e. The Kier molecular flexibility index (Phi) is 6.09. The molecule has 0 bridgehead atoms. The normalized spacial score (nSPS) is 12.1. The number of hydrogen-bond donors (Lipinski definition) is 1. The van der Waals surface area contributed by atoms with Crippen LogP contribution in [0.1, 0.15) is 31.0 Å². The van der Waals surface area contributed by atoms with Crippen LogP contribution in [0, 0.1) is 0 Å². The van der Waals surface area contributed by atoms with E-state index in [0.29, 0.717) is 17.7 Å². The molecular weight excluding hydrogens is 282 g/mol. The Bertz CT molecular complexity index is 556. The number of ether oxygens (including phenoxy) is 1. The largest absolute Gasteiger partial charge is 0.492 e. The minimum atomic E-state index is 0.297. The second-order valence-corrected chi connectivity index (χ2v) is 5.46. The van der Waals surface area contributed by atoms with Gasteiger partial charge >= 0.3 is 0 Å². The maximum atomic E-state index is 6.30. The Hall–Kier alpha value is -1.51. The molecule has 1 unspecified atom stereocenters. The van der Waals surface area contributed by atoms with Crippen LogP contribution in [0.15, 0.2) is 48.5 Å². The number of hydrogen-bond acceptors (Lipinski definition) is 2. The fourth-order valence-corrected chi connectivity index (χ4v) is 2.49. The molecule has 1 atom stereocenters. The summed E-state index contributed by atoms with van der Waals surface area (Å²) in [5, 5.41) is 4.05. The van der Waals surface area contributed by atoms with Crippen LogP contribution >= 0.6 is 11.6 Å². The van der Waals surface area contributed by atoms with E-state index in [-0.39, 0.29) is 0 Å². The summed E-state index contributed by atoms with van der Waals surface area (Å²) in [4.78, 5) is 0. The van der Waals surface area contributed by atoms with Crippen LogP contribution < -0.4 is 10.1 Å². The highest BCUT2D eigenvalue weighted by Crippen LogP contribution is 2.28. The van der Waals surface area contributed by atoms with E-state index in [1.54, 1.807) is 0 Å². The highest BCUT2D eigenvalue weighted by molar-refractivity contribution is 6.32. The van der Waals surface area contributed by atoms with Crippen molar-refractivity contribution in [3.05, 3.63) is 64.7 Å². The first-order chi connectivity index (χ1) is 10.2. The Labute approximate surface area is 132 Å². The minimum Gasteiger partial charge on any atom is -0.492 e. The van der Waals surface area contributed by atoms with Gasteiger partial charge in [0.05, 0.1) is 11.6 Å². The van der Waals surface area contributed by atoms with Crippen molar-refractivity contribution in [3.8, 4) is 5.75 Å². The average Bonchev–Trinajstić information content (AvgIpc) is 2.50. The molecule has 0 spiro atoms. The molecule has 0 aromatic heterocycles. The lowest BCUT2D eigenvalue weighted by atomic mass is 10.1. The summed E-state index contributed by atoms with van der Waals surface area (Å²) < 4.78 is 5.78. The molecule has 2 rings (SSSR count). The van der Waals surface area contributed by atoms with Crippen LogP contribution in [0.5, 0.6) is 5.75 Å². The van der Waals surface area contributed by atoms with Gasteiger partial charge in [0.25, 0.3) is 0 Å². The van der Waals surface area contributed by atoms with Crippen molar-refractivity contribution in [2.24, 2.45) is 0 Å². The lowest BCUT2D eigenvalue weighted by Gasteiger charge is -2.15. The van der Waals surface area contributed by atoms with Crippen molar-refractivity contribution >= 4 is 11.6 Å². The molecule has 0 radical (unpaired) electrons. The van der Waals surface area contributed by atoms with Gasteiger partial charge < -0.3 is 10.1 Å². The lowest BCUT2D eigenvalue weighted by molar-refractivity contribution is 0.322. The minimum absolute atomic E-state index is 0.297. The smallest absolute Gasteiger partial charge is 0.137 e. The molecule has 0 aliphatic rings. The van der Waals surface area contributed by atoms with E-state index in [4.69, 9.17) is 16.3 Å². The SMILES string of the molecule is CCNC(C)c1ccc(OCCc2ccccc2)c(Cl)c1. The molecule has 2 aromatic carbocycles. The fraction of sp³-hybridized carbons (Fsp3) is 0.333. The Morgan fingerprint density at radius 1 is 1.14 bits per heavy atom. The number of benzene rings is 2. The lowest BCUT2D eigenvalue weighted by Crippen LogP contribution is -2.17. The summed E-state index contributed by atoms with van der Waals surface area (Å²) in [7, 11) is 0. The molecular formula is C18H22ClNO.